The van der Waals surface area contributed by atoms with Gasteiger partial charge in [0.2, 0.25) is 0 Å². The lowest BCUT2D eigenvalue weighted by Crippen LogP contribution is -2.15. The molecule has 0 aliphatic heterocycles. The van der Waals surface area contributed by atoms with E-state index in [2.05, 4.69) is 25.1 Å². The summed E-state index contributed by atoms with van der Waals surface area (Å²) >= 11 is 6.28. The van der Waals surface area contributed by atoms with Crippen molar-refractivity contribution < 1.29 is 9.47 Å². The molecular weight excluding hydrogens is 286 g/mol. The fourth-order valence-electron chi connectivity index (χ4n) is 2.41. The molecule has 0 saturated carbocycles. The number of benzene rings is 2. The SMILES string of the molecule is COc1ccc(C(N)Cc2cccc(C)c2)c(OC)c1Cl. The second-order valence-corrected chi connectivity index (χ2v) is 5.38. The van der Waals surface area contributed by atoms with Crippen molar-refractivity contribution >= 4 is 11.6 Å². The molecular formula is C17H20ClNO2. The van der Waals surface area contributed by atoms with Gasteiger partial charge in [0, 0.05) is 11.6 Å². The summed E-state index contributed by atoms with van der Waals surface area (Å²) in [6, 6.07) is 11.8. The van der Waals surface area contributed by atoms with Gasteiger partial charge in [-0.15, -0.1) is 0 Å². The van der Waals surface area contributed by atoms with E-state index in [9.17, 15) is 0 Å². The molecule has 3 nitrogen and oxygen atoms in total. The molecule has 0 fully saturated rings. The molecule has 21 heavy (non-hydrogen) atoms. The Labute approximate surface area is 130 Å². The molecule has 0 aliphatic carbocycles. The summed E-state index contributed by atoms with van der Waals surface area (Å²) in [5.41, 5.74) is 9.63. The first-order chi connectivity index (χ1) is 10.1. The van der Waals surface area contributed by atoms with E-state index in [0.717, 1.165) is 12.0 Å². The smallest absolute Gasteiger partial charge is 0.146 e. The Morgan fingerprint density at radius 3 is 2.52 bits per heavy atom. The van der Waals surface area contributed by atoms with E-state index in [0.29, 0.717) is 16.5 Å². The molecule has 0 radical (unpaired) electrons. The van der Waals surface area contributed by atoms with E-state index in [-0.39, 0.29) is 6.04 Å². The van der Waals surface area contributed by atoms with E-state index in [1.807, 2.05) is 18.2 Å². The summed E-state index contributed by atoms with van der Waals surface area (Å²) in [5, 5.41) is 0.456. The standard InChI is InChI=1S/C17H20ClNO2/c1-11-5-4-6-12(9-11)10-14(19)13-7-8-15(20-2)16(18)17(13)21-3/h4-9,14H,10,19H2,1-3H3. The average Bonchev–Trinajstić information content (AvgIpc) is 2.46. The molecule has 2 N–H and O–H groups in total. The molecule has 0 heterocycles. The minimum absolute atomic E-state index is 0.190. The fraction of sp³-hybridized carbons (Fsp3) is 0.294. The van der Waals surface area contributed by atoms with Crippen molar-refractivity contribution in [3.63, 3.8) is 0 Å². The highest BCUT2D eigenvalue weighted by Crippen LogP contribution is 2.39. The molecule has 0 saturated heterocycles. The first-order valence-electron chi connectivity index (χ1n) is 6.78. The quantitative estimate of drug-likeness (QED) is 0.911. The van der Waals surface area contributed by atoms with Crippen molar-refractivity contribution in [1.82, 2.24) is 0 Å². The van der Waals surface area contributed by atoms with Crippen LogP contribution in [0.3, 0.4) is 0 Å². The Morgan fingerprint density at radius 1 is 1.14 bits per heavy atom. The molecule has 0 amide bonds. The van der Waals surface area contributed by atoms with Gasteiger partial charge < -0.3 is 15.2 Å². The Balaban J connectivity index is 2.30. The lowest BCUT2D eigenvalue weighted by Gasteiger charge is -2.18. The topological polar surface area (TPSA) is 44.5 Å². The molecule has 2 rings (SSSR count). The Hall–Kier alpha value is -1.71. The number of halogens is 1. The van der Waals surface area contributed by atoms with Crippen molar-refractivity contribution in [3.05, 3.63) is 58.1 Å². The first-order valence-corrected chi connectivity index (χ1v) is 7.16. The zero-order valence-corrected chi connectivity index (χ0v) is 13.3. The van der Waals surface area contributed by atoms with E-state index >= 15 is 0 Å². The van der Waals surface area contributed by atoms with Crippen LogP contribution in [0.15, 0.2) is 36.4 Å². The first kappa shape index (κ1) is 15.7. The largest absolute Gasteiger partial charge is 0.495 e. The molecule has 0 spiro atoms. The van der Waals surface area contributed by atoms with Crippen LogP contribution < -0.4 is 15.2 Å². The van der Waals surface area contributed by atoms with Gasteiger partial charge in [-0.25, -0.2) is 0 Å². The van der Waals surface area contributed by atoms with Gasteiger partial charge in [0.05, 0.1) is 14.2 Å². The molecule has 4 heteroatoms. The van der Waals surface area contributed by atoms with Gasteiger partial charge in [-0.1, -0.05) is 41.4 Å². The van der Waals surface area contributed by atoms with Crippen LogP contribution in [0.1, 0.15) is 22.7 Å². The second-order valence-electron chi connectivity index (χ2n) is 5.00. The highest BCUT2D eigenvalue weighted by Gasteiger charge is 2.18. The molecule has 1 unspecified atom stereocenters. The number of rotatable bonds is 5. The van der Waals surface area contributed by atoms with Gasteiger partial charge in [-0.05, 0) is 31.0 Å². The average molecular weight is 306 g/mol. The van der Waals surface area contributed by atoms with Crippen LogP contribution in [-0.4, -0.2) is 14.2 Å². The van der Waals surface area contributed by atoms with Gasteiger partial charge in [0.1, 0.15) is 16.5 Å². The third-order valence-corrected chi connectivity index (χ3v) is 3.81. The maximum absolute atomic E-state index is 6.33. The number of ether oxygens (including phenoxy) is 2. The van der Waals surface area contributed by atoms with E-state index < -0.39 is 0 Å². The van der Waals surface area contributed by atoms with Gasteiger partial charge in [-0.3, -0.25) is 0 Å². The van der Waals surface area contributed by atoms with Crippen molar-refractivity contribution in [2.75, 3.05) is 14.2 Å². The number of nitrogens with two attached hydrogens (primary N) is 1. The maximum atomic E-state index is 6.33. The minimum atomic E-state index is -0.190. The van der Waals surface area contributed by atoms with Crippen LogP contribution in [0.4, 0.5) is 0 Å². The summed E-state index contributed by atoms with van der Waals surface area (Å²) in [7, 11) is 3.16. The highest BCUT2D eigenvalue weighted by molar-refractivity contribution is 6.33. The van der Waals surface area contributed by atoms with Crippen molar-refractivity contribution in [1.29, 1.82) is 0 Å². The maximum Gasteiger partial charge on any atom is 0.146 e. The predicted octanol–water partition coefficient (Wildman–Crippen LogP) is 3.91. The zero-order chi connectivity index (χ0) is 15.4. The molecule has 0 bridgehead atoms. The summed E-state index contributed by atoms with van der Waals surface area (Å²) in [4.78, 5) is 0. The van der Waals surface area contributed by atoms with Gasteiger partial charge >= 0.3 is 0 Å². The lowest BCUT2D eigenvalue weighted by molar-refractivity contribution is 0.389. The highest BCUT2D eigenvalue weighted by atomic mass is 35.5. The van der Waals surface area contributed by atoms with Crippen LogP contribution in [0.25, 0.3) is 0 Å². The summed E-state index contributed by atoms with van der Waals surface area (Å²) in [6.45, 7) is 2.07. The monoisotopic (exact) mass is 305 g/mol. The zero-order valence-electron chi connectivity index (χ0n) is 12.5. The van der Waals surface area contributed by atoms with Crippen molar-refractivity contribution in [2.45, 2.75) is 19.4 Å². The van der Waals surface area contributed by atoms with Crippen LogP contribution in [-0.2, 0) is 6.42 Å². The molecule has 2 aromatic carbocycles. The van der Waals surface area contributed by atoms with Crippen molar-refractivity contribution in [2.24, 2.45) is 5.73 Å². The number of methoxy groups -OCH3 is 2. The van der Waals surface area contributed by atoms with Crippen LogP contribution >= 0.6 is 11.6 Å². The number of hydrogen-bond acceptors (Lipinski definition) is 3. The number of aryl methyl sites for hydroxylation is 1. The molecule has 2 aromatic rings. The van der Waals surface area contributed by atoms with Crippen LogP contribution in [0.2, 0.25) is 5.02 Å². The fourth-order valence-corrected chi connectivity index (χ4v) is 2.74. The summed E-state index contributed by atoms with van der Waals surface area (Å²) < 4.78 is 10.6. The van der Waals surface area contributed by atoms with Gasteiger partial charge in [-0.2, -0.15) is 0 Å². The lowest BCUT2D eigenvalue weighted by atomic mass is 9.97. The van der Waals surface area contributed by atoms with Gasteiger partial charge in [0.15, 0.2) is 0 Å². The predicted molar refractivity (Wildman–Crippen MR) is 86.4 cm³/mol. The van der Waals surface area contributed by atoms with Crippen LogP contribution in [0.5, 0.6) is 11.5 Å². The minimum Gasteiger partial charge on any atom is -0.495 e. The van der Waals surface area contributed by atoms with Crippen LogP contribution in [0, 0.1) is 6.92 Å². The third-order valence-electron chi connectivity index (χ3n) is 3.45. The summed E-state index contributed by atoms with van der Waals surface area (Å²) in [6.07, 6.45) is 0.723. The van der Waals surface area contributed by atoms with Crippen molar-refractivity contribution in [3.8, 4) is 11.5 Å². The molecule has 0 aromatic heterocycles. The molecule has 1 atom stereocenters. The number of hydrogen-bond donors (Lipinski definition) is 1. The van der Waals surface area contributed by atoms with E-state index in [1.165, 1.54) is 11.1 Å². The van der Waals surface area contributed by atoms with E-state index in [1.54, 1.807) is 14.2 Å². The second kappa shape index (κ2) is 6.83. The normalized spacial score (nSPS) is 12.0. The van der Waals surface area contributed by atoms with Gasteiger partial charge in [0.25, 0.3) is 0 Å². The van der Waals surface area contributed by atoms with E-state index in [4.69, 9.17) is 26.8 Å². The Bertz CT molecular complexity index is 628. The Morgan fingerprint density at radius 2 is 1.90 bits per heavy atom. The molecule has 0 aliphatic rings. The summed E-state index contributed by atoms with van der Waals surface area (Å²) in [5.74, 6) is 1.16. The third kappa shape index (κ3) is 3.49. The molecule has 112 valence electrons. The Kier molecular flexibility index (Phi) is 5.10.